The van der Waals surface area contributed by atoms with Gasteiger partial charge in [-0.05, 0) is 22.2 Å². The molecule has 8 nitrogen and oxygen atoms in total. The Bertz CT molecular complexity index is 444. The summed E-state index contributed by atoms with van der Waals surface area (Å²) in [4.78, 5) is 0. The minimum absolute atomic E-state index is 0.149. The molecule has 8 radical (unpaired) electrons. The Kier molecular flexibility index (Phi) is 21.9. The molecule has 0 aliphatic rings. The molecule has 4 atom stereocenters. The van der Waals surface area contributed by atoms with Gasteiger partial charge in [0.05, 0.1) is 8.07 Å². The monoisotopic (exact) mass is 608 g/mol. The van der Waals surface area contributed by atoms with Gasteiger partial charge in [-0.3, -0.25) is 0 Å². The van der Waals surface area contributed by atoms with Crippen LogP contribution in [0.4, 0.5) is 0 Å². The lowest BCUT2D eigenvalue weighted by Crippen LogP contribution is -2.43. The number of hydrogen-bond donors (Lipinski definition) is 0. The van der Waals surface area contributed by atoms with Crippen molar-refractivity contribution >= 4 is 46.2 Å². The van der Waals surface area contributed by atoms with E-state index in [4.69, 9.17) is 37.9 Å². The van der Waals surface area contributed by atoms with Gasteiger partial charge in [0.1, 0.15) is 61.7 Å². The Balaban J connectivity index is 6.14. The van der Waals surface area contributed by atoms with E-state index in [9.17, 15) is 0 Å². The molecule has 0 aromatic heterocycles. The highest BCUT2D eigenvalue weighted by Gasteiger charge is 2.40. The summed E-state index contributed by atoms with van der Waals surface area (Å²) in [5.74, 6) is -0.597. The van der Waals surface area contributed by atoms with Crippen LogP contribution >= 0.6 is 0 Å². The number of ether oxygens (including phenoxy) is 8. The van der Waals surface area contributed by atoms with Gasteiger partial charge in [0.2, 0.25) is 0 Å². The zero-order chi connectivity index (χ0) is 28.4. The molecule has 0 heterocycles. The summed E-state index contributed by atoms with van der Waals surface area (Å²) in [5.41, 5.74) is 2.06. The van der Waals surface area contributed by atoms with E-state index >= 15 is 0 Å². The average Bonchev–Trinajstić information content (AvgIpc) is 2.86. The lowest BCUT2D eigenvalue weighted by molar-refractivity contribution is -0.0447. The molecule has 0 spiro atoms. The average molecular weight is 609 g/mol. The van der Waals surface area contributed by atoms with Gasteiger partial charge in [-0.15, -0.1) is 0 Å². The Morgan fingerprint density at radius 1 is 0.378 bits per heavy atom. The maximum atomic E-state index is 5.58. The molecule has 0 aliphatic carbocycles. The van der Waals surface area contributed by atoms with E-state index in [0.29, 0.717) is 60.2 Å². The second-order valence-corrected chi connectivity index (χ2v) is 21.6. The summed E-state index contributed by atoms with van der Waals surface area (Å²) >= 11 is 0. The van der Waals surface area contributed by atoms with Gasteiger partial charge in [0.15, 0.2) is 0 Å². The van der Waals surface area contributed by atoms with Crippen LogP contribution in [0.3, 0.4) is 0 Å². The van der Waals surface area contributed by atoms with Crippen LogP contribution in [0.15, 0.2) is 0 Å². The first-order valence-electron chi connectivity index (χ1n) is 12.8. The predicted octanol–water partition coefficient (Wildman–Crippen LogP) is 3.79. The van der Waals surface area contributed by atoms with Crippen molar-refractivity contribution in [3.63, 3.8) is 0 Å². The summed E-state index contributed by atoms with van der Waals surface area (Å²) in [6.07, 6.45) is 0. The van der Waals surface area contributed by atoms with Crippen molar-refractivity contribution in [2.75, 3.05) is 56.9 Å². The molecule has 4 unspecified atom stereocenters. The highest BCUT2D eigenvalue weighted by molar-refractivity contribution is 6.83. The van der Waals surface area contributed by atoms with Crippen LogP contribution in [0.2, 0.25) is 46.3 Å². The van der Waals surface area contributed by atoms with Crippen molar-refractivity contribution in [3.05, 3.63) is 0 Å². The van der Waals surface area contributed by atoms with Gasteiger partial charge < -0.3 is 37.9 Å². The third kappa shape index (κ3) is 16.0. The van der Waals surface area contributed by atoms with Crippen LogP contribution < -0.4 is 0 Å². The Labute approximate surface area is 238 Å². The lowest BCUT2D eigenvalue weighted by Gasteiger charge is -2.41. The van der Waals surface area contributed by atoms with Gasteiger partial charge >= 0.3 is 0 Å². The van der Waals surface area contributed by atoms with Gasteiger partial charge in [-0.2, -0.15) is 0 Å². The van der Waals surface area contributed by atoms with Crippen LogP contribution in [0.1, 0.15) is 27.7 Å². The topological polar surface area (TPSA) is 73.8 Å². The Morgan fingerprint density at radius 2 is 0.541 bits per heavy atom. The van der Waals surface area contributed by atoms with Crippen molar-refractivity contribution in [1.29, 1.82) is 0 Å². The molecule has 0 saturated carbocycles. The summed E-state index contributed by atoms with van der Waals surface area (Å²) in [7, 11) is 14.4. The second-order valence-electron chi connectivity index (χ2n) is 9.80. The van der Waals surface area contributed by atoms with E-state index in [0.717, 1.165) is 0 Å². The van der Waals surface area contributed by atoms with Crippen molar-refractivity contribution in [2.24, 2.45) is 0 Å². The molecule has 37 heavy (non-hydrogen) atoms. The lowest BCUT2D eigenvalue weighted by atomic mass is 10.5. The largest absolute Gasteiger partial charge is 0.360 e. The van der Waals surface area contributed by atoms with Gasteiger partial charge in [-0.25, -0.2) is 0 Å². The fourth-order valence-electron chi connectivity index (χ4n) is 5.19. The normalized spacial score (nSPS) is 17.5. The number of rotatable bonds is 24. The molecular formula is C24H52O8Si5. The molecule has 216 valence electrons. The summed E-state index contributed by atoms with van der Waals surface area (Å²) in [6, 6.07) is 4.92. The Hall–Kier alpha value is 0.764. The molecule has 0 bridgehead atoms. The third-order valence-electron chi connectivity index (χ3n) is 6.35. The highest BCUT2D eigenvalue weighted by atomic mass is 28.3. The van der Waals surface area contributed by atoms with Crippen LogP contribution in [0.25, 0.3) is 0 Å². The molecule has 0 aliphatic heterocycles. The molecule has 0 amide bonds. The summed E-state index contributed by atoms with van der Waals surface area (Å²) in [6.45, 7) is 9.47. The molecule has 0 rings (SSSR count). The van der Waals surface area contributed by atoms with Crippen molar-refractivity contribution in [2.45, 2.75) is 97.7 Å². The maximum absolute atomic E-state index is 5.58. The van der Waals surface area contributed by atoms with Crippen molar-refractivity contribution in [3.8, 4) is 0 Å². The SMILES string of the molecule is COC(OC)[Si]C(C)C[Si](CC(C)[Si]C(OC)OC)(CC(C)[Si]C(OC)OC)CC(C)[Si]C(OC)OC. The molecular weight excluding hydrogens is 557 g/mol. The fraction of sp³-hybridized carbons (Fsp3) is 1.00. The molecule has 0 saturated heterocycles. The second kappa shape index (κ2) is 21.5. The van der Waals surface area contributed by atoms with Crippen LogP contribution in [-0.4, -0.2) is 127 Å². The molecule has 0 aromatic rings. The Morgan fingerprint density at radius 3 is 0.676 bits per heavy atom. The first-order chi connectivity index (χ1) is 17.5. The maximum Gasteiger partial charge on any atom is 0.136 e. The number of methoxy groups -OCH3 is 8. The van der Waals surface area contributed by atoms with Gasteiger partial charge in [0, 0.05) is 56.9 Å². The standard InChI is InChI=1S/C24H52O8Si5/c1-17(33-21(25-5)26-6)13-37(14-18(2)34-22(27-7)28-8,15-19(3)35-23(29-9)30-10)16-20(4)36-24(31-11)32-12/h17-24H,13-16H2,1-12H3. The minimum Gasteiger partial charge on any atom is -0.360 e. The summed E-state index contributed by atoms with van der Waals surface area (Å²) in [5, 5.41) is 0. The van der Waals surface area contributed by atoms with Gasteiger partial charge in [0.25, 0.3) is 0 Å². The molecule has 0 fully saturated rings. The van der Waals surface area contributed by atoms with Crippen LogP contribution in [0, 0.1) is 0 Å². The van der Waals surface area contributed by atoms with Crippen LogP contribution in [-0.2, 0) is 37.9 Å². The van der Waals surface area contributed by atoms with E-state index in [1.165, 1.54) is 24.2 Å². The quantitative estimate of drug-likeness (QED) is 0.121. The van der Waals surface area contributed by atoms with E-state index in [-0.39, 0.29) is 23.7 Å². The number of hydrogen-bond acceptors (Lipinski definition) is 8. The third-order valence-corrected chi connectivity index (χ3v) is 20.0. The smallest absolute Gasteiger partial charge is 0.136 e. The van der Waals surface area contributed by atoms with Crippen LogP contribution in [0.5, 0.6) is 0 Å². The highest BCUT2D eigenvalue weighted by Crippen LogP contribution is 2.43. The molecule has 0 N–H and O–H groups in total. The first-order valence-corrected chi connectivity index (χ1v) is 20.3. The fourth-order valence-corrected chi connectivity index (χ4v) is 21.4. The first kappa shape index (κ1) is 37.8. The van der Waals surface area contributed by atoms with E-state index in [2.05, 4.69) is 27.7 Å². The van der Waals surface area contributed by atoms with E-state index in [1.54, 1.807) is 56.9 Å². The predicted molar refractivity (Wildman–Crippen MR) is 157 cm³/mol. The van der Waals surface area contributed by atoms with E-state index in [1.807, 2.05) is 0 Å². The zero-order valence-corrected chi connectivity index (χ0v) is 30.2. The molecule has 0 aromatic carbocycles. The van der Waals surface area contributed by atoms with Gasteiger partial charge in [-0.1, -0.05) is 51.9 Å². The summed E-state index contributed by atoms with van der Waals surface area (Å²) < 4.78 is 44.7. The van der Waals surface area contributed by atoms with E-state index < -0.39 is 8.07 Å². The minimum atomic E-state index is -1.83. The zero-order valence-electron chi connectivity index (χ0n) is 25.2. The van der Waals surface area contributed by atoms with Crippen molar-refractivity contribution in [1.82, 2.24) is 0 Å². The van der Waals surface area contributed by atoms with Crippen molar-refractivity contribution < 1.29 is 37.9 Å². The molecule has 13 heteroatoms.